The standard InChI is InChI=1S/C11H13FO/c1-4-9(10(12)5-2)11-7-6-8(3)13-11/h4-7H,1-3H3/b9-4+,10-5+. The van der Waals surface area contributed by atoms with Gasteiger partial charge in [-0.05, 0) is 32.9 Å². The van der Waals surface area contributed by atoms with Crippen LogP contribution < -0.4 is 0 Å². The zero-order valence-corrected chi connectivity index (χ0v) is 8.10. The summed E-state index contributed by atoms with van der Waals surface area (Å²) in [7, 11) is 0. The normalized spacial score (nSPS) is 13.5. The molecule has 1 rings (SSSR count). The molecule has 0 amide bonds. The zero-order valence-electron chi connectivity index (χ0n) is 8.10. The monoisotopic (exact) mass is 180 g/mol. The predicted octanol–water partition coefficient (Wildman–Crippen LogP) is 3.86. The number of hydrogen-bond acceptors (Lipinski definition) is 1. The highest BCUT2D eigenvalue weighted by Crippen LogP contribution is 2.25. The number of allylic oxidation sites excluding steroid dienone is 4. The van der Waals surface area contributed by atoms with E-state index in [0.717, 1.165) is 5.76 Å². The van der Waals surface area contributed by atoms with Gasteiger partial charge in [0.2, 0.25) is 0 Å². The Hall–Kier alpha value is -1.31. The van der Waals surface area contributed by atoms with Gasteiger partial charge in [-0.2, -0.15) is 0 Å². The Morgan fingerprint density at radius 3 is 2.38 bits per heavy atom. The van der Waals surface area contributed by atoms with Crippen LogP contribution in [-0.4, -0.2) is 0 Å². The summed E-state index contributed by atoms with van der Waals surface area (Å²) >= 11 is 0. The third-order valence-electron chi connectivity index (χ3n) is 1.81. The summed E-state index contributed by atoms with van der Waals surface area (Å²) in [5, 5.41) is 0. The Bertz CT molecular complexity index is 345. The fourth-order valence-electron chi connectivity index (χ4n) is 1.13. The first-order chi connectivity index (χ1) is 6.19. The molecular formula is C11H13FO. The van der Waals surface area contributed by atoms with Crippen molar-refractivity contribution in [3.05, 3.63) is 41.6 Å². The quantitative estimate of drug-likeness (QED) is 0.630. The zero-order chi connectivity index (χ0) is 9.84. The van der Waals surface area contributed by atoms with Crippen LogP contribution in [0.1, 0.15) is 25.4 Å². The van der Waals surface area contributed by atoms with Gasteiger partial charge < -0.3 is 4.42 Å². The first kappa shape index (κ1) is 9.78. The topological polar surface area (TPSA) is 13.1 Å². The molecule has 1 nitrogen and oxygen atoms in total. The van der Waals surface area contributed by atoms with Crippen LogP contribution in [-0.2, 0) is 0 Å². The smallest absolute Gasteiger partial charge is 0.136 e. The third-order valence-corrected chi connectivity index (χ3v) is 1.81. The third kappa shape index (κ3) is 2.08. The van der Waals surface area contributed by atoms with Crippen molar-refractivity contribution in [2.45, 2.75) is 20.8 Å². The van der Waals surface area contributed by atoms with Crippen molar-refractivity contribution in [1.82, 2.24) is 0 Å². The van der Waals surface area contributed by atoms with Gasteiger partial charge in [0.05, 0.1) is 0 Å². The van der Waals surface area contributed by atoms with E-state index in [9.17, 15) is 4.39 Å². The van der Waals surface area contributed by atoms with E-state index in [-0.39, 0.29) is 5.83 Å². The molecule has 0 aromatic carbocycles. The molecule has 0 aliphatic carbocycles. The minimum Gasteiger partial charge on any atom is -0.461 e. The molecule has 0 spiro atoms. The molecule has 0 aliphatic heterocycles. The lowest BCUT2D eigenvalue weighted by Gasteiger charge is -1.99. The first-order valence-electron chi connectivity index (χ1n) is 4.24. The molecule has 0 N–H and O–H groups in total. The molecule has 0 atom stereocenters. The van der Waals surface area contributed by atoms with Crippen LogP contribution in [0.5, 0.6) is 0 Å². The second-order valence-electron chi connectivity index (χ2n) is 2.75. The van der Waals surface area contributed by atoms with Gasteiger partial charge in [0.25, 0.3) is 0 Å². The highest BCUT2D eigenvalue weighted by molar-refractivity contribution is 5.73. The number of hydrogen-bond donors (Lipinski definition) is 0. The molecule has 0 saturated heterocycles. The van der Waals surface area contributed by atoms with Crippen LogP contribution in [0, 0.1) is 6.92 Å². The summed E-state index contributed by atoms with van der Waals surface area (Å²) in [6, 6.07) is 3.59. The van der Waals surface area contributed by atoms with Gasteiger partial charge in [0.1, 0.15) is 17.3 Å². The molecule has 70 valence electrons. The molecule has 0 radical (unpaired) electrons. The Labute approximate surface area is 77.6 Å². The number of rotatable bonds is 2. The highest BCUT2D eigenvalue weighted by atomic mass is 19.1. The maximum Gasteiger partial charge on any atom is 0.136 e. The van der Waals surface area contributed by atoms with Crippen molar-refractivity contribution in [3.63, 3.8) is 0 Å². The molecule has 1 heterocycles. The summed E-state index contributed by atoms with van der Waals surface area (Å²) in [4.78, 5) is 0. The molecule has 13 heavy (non-hydrogen) atoms. The SMILES string of the molecule is C/C=C(\C(F)=C/C)c1ccc(C)o1. The maximum atomic E-state index is 13.2. The molecule has 0 saturated carbocycles. The van der Waals surface area contributed by atoms with Crippen LogP contribution in [0.3, 0.4) is 0 Å². The second-order valence-corrected chi connectivity index (χ2v) is 2.75. The van der Waals surface area contributed by atoms with Crippen molar-refractivity contribution in [3.8, 4) is 0 Å². The van der Waals surface area contributed by atoms with Crippen molar-refractivity contribution in [2.24, 2.45) is 0 Å². The molecule has 0 bridgehead atoms. The van der Waals surface area contributed by atoms with Gasteiger partial charge in [0.15, 0.2) is 0 Å². The second kappa shape index (κ2) is 4.08. The Balaban J connectivity index is 3.06. The average Bonchev–Trinajstić information content (AvgIpc) is 2.53. The largest absolute Gasteiger partial charge is 0.461 e. The average molecular weight is 180 g/mol. The Morgan fingerprint density at radius 2 is 2.00 bits per heavy atom. The maximum absolute atomic E-state index is 13.2. The summed E-state index contributed by atoms with van der Waals surface area (Å²) < 4.78 is 18.5. The van der Waals surface area contributed by atoms with Crippen LogP contribution in [0.4, 0.5) is 4.39 Å². The summed E-state index contributed by atoms with van der Waals surface area (Å²) in [5.41, 5.74) is 0.510. The molecule has 1 aromatic rings. The van der Waals surface area contributed by atoms with Gasteiger partial charge in [-0.25, -0.2) is 4.39 Å². The molecule has 0 fully saturated rings. The van der Waals surface area contributed by atoms with Crippen molar-refractivity contribution < 1.29 is 8.81 Å². The predicted molar refractivity (Wildman–Crippen MR) is 52.0 cm³/mol. The van der Waals surface area contributed by atoms with Crippen LogP contribution in [0.2, 0.25) is 0 Å². The molecular weight excluding hydrogens is 167 g/mol. The minimum atomic E-state index is -0.253. The van der Waals surface area contributed by atoms with E-state index in [1.165, 1.54) is 6.08 Å². The molecule has 1 aromatic heterocycles. The molecule has 0 aliphatic rings. The van der Waals surface area contributed by atoms with E-state index in [0.29, 0.717) is 11.3 Å². The van der Waals surface area contributed by atoms with E-state index in [1.807, 2.05) is 13.0 Å². The van der Waals surface area contributed by atoms with Crippen molar-refractivity contribution >= 4 is 5.57 Å². The lowest BCUT2D eigenvalue weighted by Crippen LogP contribution is -1.81. The Morgan fingerprint density at radius 1 is 1.31 bits per heavy atom. The summed E-state index contributed by atoms with van der Waals surface area (Å²) in [6.45, 7) is 5.29. The molecule has 0 unspecified atom stereocenters. The fraction of sp³-hybridized carbons (Fsp3) is 0.273. The van der Waals surface area contributed by atoms with E-state index in [2.05, 4.69) is 0 Å². The fourth-order valence-corrected chi connectivity index (χ4v) is 1.13. The number of aryl methyl sites for hydroxylation is 1. The number of halogens is 1. The van der Waals surface area contributed by atoms with Crippen molar-refractivity contribution in [2.75, 3.05) is 0 Å². The van der Waals surface area contributed by atoms with Gasteiger partial charge in [-0.1, -0.05) is 12.2 Å². The minimum absolute atomic E-state index is 0.253. The van der Waals surface area contributed by atoms with E-state index < -0.39 is 0 Å². The van der Waals surface area contributed by atoms with E-state index >= 15 is 0 Å². The number of furan rings is 1. The van der Waals surface area contributed by atoms with Gasteiger partial charge >= 0.3 is 0 Å². The first-order valence-corrected chi connectivity index (χ1v) is 4.24. The van der Waals surface area contributed by atoms with Crippen LogP contribution in [0.25, 0.3) is 5.57 Å². The lowest BCUT2D eigenvalue weighted by molar-refractivity contribution is 0.517. The van der Waals surface area contributed by atoms with Gasteiger partial charge in [0, 0.05) is 5.57 Å². The van der Waals surface area contributed by atoms with Crippen LogP contribution >= 0.6 is 0 Å². The Kier molecular flexibility index (Phi) is 3.07. The summed E-state index contributed by atoms with van der Waals surface area (Å²) in [6.07, 6.45) is 3.13. The van der Waals surface area contributed by atoms with Gasteiger partial charge in [-0.3, -0.25) is 0 Å². The molecule has 2 heteroatoms. The van der Waals surface area contributed by atoms with Gasteiger partial charge in [-0.15, -0.1) is 0 Å². The van der Waals surface area contributed by atoms with Crippen molar-refractivity contribution in [1.29, 1.82) is 0 Å². The highest BCUT2D eigenvalue weighted by Gasteiger charge is 2.08. The summed E-state index contributed by atoms with van der Waals surface area (Å²) in [5.74, 6) is 1.12. The van der Waals surface area contributed by atoms with Crippen LogP contribution in [0.15, 0.2) is 34.5 Å². The van der Waals surface area contributed by atoms with E-state index in [4.69, 9.17) is 4.42 Å². The lowest BCUT2D eigenvalue weighted by atomic mass is 10.1. The van der Waals surface area contributed by atoms with E-state index in [1.54, 1.807) is 26.0 Å².